The van der Waals surface area contributed by atoms with E-state index in [1.807, 2.05) is 19.1 Å². The Balaban J connectivity index is 2.12. The predicted molar refractivity (Wildman–Crippen MR) is 78.4 cm³/mol. The zero-order chi connectivity index (χ0) is 14.0. The highest BCUT2D eigenvalue weighted by atomic mass is 79.9. The summed E-state index contributed by atoms with van der Waals surface area (Å²) in [7, 11) is 1.74. The van der Waals surface area contributed by atoms with E-state index in [-0.39, 0.29) is 5.91 Å². The molecule has 100 valence electrons. The highest BCUT2D eigenvalue weighted by molar-refractivity contribution is 9.10. The van der Waals surface area contributed by atoms with Gasteiger partial charge in [-0.25, -0.2) is 0 Å². The summed E-state index contributed by atoms with van der Waals surface area (Å²) < 4.78 is 6.17. The number of nitrogens with zero attached hydrogens (tertiary/aromatic N) is 1. The number of benzene rings is 1. The maximum atomic E-state index is 12.2. The van der Waals surface area contributed by atoms with Gasteiger partial charge in [0.05, 0.1) is 11.6 Å². The zero-order valence-corrected chi connectivity index (χ0v) is 13.0. The minimum absolute atomic E-state index is 0.0774. The van der Waals surface area contributed by atoms with Crippen LogP contribution in [0.5, 0.6) is 0 Å². The number of rotatable bonds is 3. The van der Waals surface area contributed by atoms with Crippen molar-refractivity contribution in [2.75, 3.05) is 7.05 Å². The summed E-state index contributed by atoms with van der Waals surface area (Å²) >= 11 is 9.22. The number of amides is 1. The van der Waals surface area contributed by atoms with Crippen LogP contribution in [0.2, 0.25) is 5.02 Å². The third kappa shape index (κ3) is 3.39. The Morgan fingerprint density at radius 2 is 2.11 bits per heavy atom. The van der Waals surface area contributed by atoms with Crippen molar-refractivity contribution >= 4 is 33.4 Å². The normalized spacial score (nSPS) is 10.5. The number of furan rings is 1. The van der Waals surface area contributed by atoms with E-state index in [1.165, 1.54) is 0 Å². The van der Waals surface area contributed by atoms with Crippen molar-refractivity contribution < 1.29 is 9.21 Å². The summed E-state index contributed by atoms with van der Waals surface area (Å²) in [6.07, 6.45) is 0. The molecule has 0 saturated heterocycles. The molecule has 5 heteroatoms. The monoisotopic (exact) mass is 341 g/mol. The highest BCUT2D eigenvalue weighted by Gasteiger charge is 2.14. The first-order valence-electron chi connectivity index (χ1n) is 5.73. The van der Waals surface area contributed by atoms with Gasteiger partial charge < -0.3 is 9.32 Å². The van der Waals surface area contributed by atoms with E-state index >= 15 is 0 Å². The topological polar surface area (TPSA) is 33.5 Å². The highest BCUT2D eigenvalue weighted by Crippen LogP contribution is 2.24. The van der Waals surface area contributed by atoms with Crippen LogP contribution >= 0.6 is 27.5 Å². The SMILES string of the molecule is Cc1ccc(CN(C)C(=O)c2ccc(Cl)c(Br)c2)o1. The van der Waals surface area contributed by atoms with E-state index in [0.29, 0.717) is 21.6 Å². The fraction of sp³-hybridized carbons (Fsp3) is 0.214. The van der Waals surface area contributed by atoms with Crippen LogP contribution in [-0.2, 0) is 6.54 Å². The van der Waals surface area contributed by atoms with Gasteiger partial charge in [-0.2, -0.15) is 0 Å². The van der Waals surface area contributed by atoms with Gasteiger partial charge in [0.2, 0.25) is 0 Å². The lowest BCUT2D eigenvalue weighted by atomic mass is 10.2. The molecule has 0 bridgehead atoms. The van der Waals surface area contributed by atoms with Crippen molar-refractivity contribution in [2.24, 2.45) is 0 Å². The van der Waals surface area contributed by atoms with Gasteiger partial charge in [0.1, 0.15) is 11.5 Å². The second kappa shape index (κ2) is 5.80. The molecule has 0 aliphatic rings. The number of halogens is 2. The van der Waals surface area contributed by atoms with E-state index in [9.17, 15) is 4.79 Å². The molecule has 2 aromatic rings. The number of carbonyl (C=O) groups is 1. The van der Waals surface area contributed by atoms with E-state index in [1.54, 1.807) is 30.1 Å². The van der Waals surface area contributed by atoms with Crippen molar-refractivity contribution in [1.82, 2.24) is 4.90 Å². The molecular formula is C14H13BrClNO2. The smallest absolute Gasteiger partial charge is 0.254 e. The molecule has 3 nitrogen and oxygen atoms in total. The van der Waals surface area contributed by atoms with Crippen molar-refractivity contribution in [3.8, 4) is 0 Å². The molecular weight excluding hydrogens is 330 g/mol. The fourth-order valence-electron chi connectivity index (χ4n) is 1.73. The second-order valence-electron chi connectivity index (χ2n) is 4.30. The molecule has 1 aromatic heterocycles. The van der Waals surface area contributed by atoms with Gasteiger partial charge in [-0.1, -0.05) is 11.6 Å². The maximum absolute atomic E-state index is 12.2. The molecule has 19 heavy (non-hydrogen) atoms. The molecule has 0 N–H and O–H groups in total. The quantitative estimate of drug-likeness (QED) is 0.834. The van der Waals surface area contributed by atoms with Crippen molar-refractivity contribution in [2.45, 2.75) is 13.5 Å². The lowest BCUT2D eigenvalue weighted by molar-refractivity contribution is 0.0775. The molecule has 0 fully saturated rings. The van der Waals surface area contributed by atoms with Crippen LogP contribution in [0.1, 0.15) is 21.9 Å². The molecule has 1 heterocycles. The van der Waals surface area contributed by atoms with Gasteiger partial charge in [-0.3, -0.25) is 4.79 Å². The van der Waals surface area contributed by atoms with Crippen molar-refractivity contribution in [3.63, 3.8) is 0 Å². The molecule has 0 aliphatic carbocycles. The molecule has 0 radical (unpaired) electrons. The van der Waals surface area contributed by atoms with Crippen LogP contribution in [0.3, 0.4) is 0 Å². The van der Waals surface area contributed by atoms with Gasteiger partial charge in [-0.15, -0.1) is 0 Å². The third-order valence-electron chi connectivity index (χ3n) is 2.70. The summed E-state index contributed by atoms with van der Waals surface area (Å²) in [4.78, 5) is 13.8. The van der Waals surface area contributed by atoms with Crippen LogP contribution in [-0.4, -0.2) is 17.9 Å². The van der Waals surface area contributed by atoms with Crippen molar-refractivity contribution in [3.05, 3.63) is 56.9 Å². The Morgan fingerprint density at radius 3 is 2.68 bits per heavy atom. The minimum atomic E-state index is -0.0774. The van der Waals surface area contributed by atoms with Gasteiger partial charge in [0.25, 0.3) is 5.91 Å². The maximum Gasteiger partial charge on any atom is 0.254 e. The molecule has 1 amide bonds. The average molecular weight is 343 g/mol. The Morgan fingerprint density at radius 1 is 1.37 bits per heavy atom. The molecule has 0 saturated carbocycles. The van der Waals surface area contributed by atoms with E-state index in [0.717, 1.165) is 11.5 Å². The summed E-state index contributed by atoms with van der Waals surface area (Å²) in [5.74, 6) is 1.53. The van der Waals surface area contributed by atoms with Crippen LogP contribution in [0.15, 0.2) is 39.2 Å². The Kier molecular flexibility index (Phi) is 4.32. The van der Waals surface area contributed by atoms with Gasteiger partial charge in [0.15, 0.2) is 0 Å². The summed E-state index contributed by atoms with van der Waals surface area (Å²) in [5.41, 5.74) is 0.585. The van der Waals surface area contributed by atoms with E-state index in [4.69, 9.17) is 16.0 Å². The Bertz CT molecular complexity index is 609. The van der Waals surface area contributed by atoms with Crippen LogP contribution in [0.25, 0.3) is 0 Å². The van der Waals surface area contributed by atoms with Crippen LogP contribution in [0, 0.1) is 6.92 Å². The first kappa shape index (κ1) is 14.2. The summed E-state index contributed by atoms with van der Waals surface area (Å²) in [6, 6.07) is 8.88. The van der Waals surface area contributed by atoms with Crippen LogP contribution in [0.4, 0.5) is 0 Å². The number of hydrogen-bond acceptors (Lipinski definition) is 2. The molecule has 0 unspecified atom stereocenters. The molecule has 0 aliphatic heterocycles. The summed E-state index contributed by atoms with van der Waals surface area (Å²) in [5, 5.41) is 0.584. The number of aryl methyl sites for hydroxylation is 1. The molecule has 2 rings (SSSR count). The molecule has 1 aromatic carbocycles. The largest absolute Gasteiger partial charge is 0.464 e. The van der Waals surface area contributed by atoms with Crippen LogP contribution < -0.4 is 0 Å². The predicted octanol–water partition coefficient (Wildman–Crippen LogP) is 4.28. The first-order valence-corrected chi connectivity index (χ1v) is 6.90. The minimum Gasteiger partial charge on any atom is -0.464 e. The fourth-order valence-corrected chi connectivity index (χ4v) is 2.22. The average Bonchev–Trinajstić information content (AvgIpc) is 2.77. The standard InChI is InChI=1S/C14H13BrClNO2/c1-9-3-5-11(19-9)8-17(2)14(18)10-4-6-13(16)12(15)7-10/h3-7H,8H2,1-2H3. The van der Waals surface area contributed by atoms with Gasteiger partial charge in [0, 0.05) is 17.1 Å². The van der Waals surface area contributed by atoms with E-state index in [2.05, 4.69) is 15.9 Å². The third-order valence-corrected chi connectivity index (χ3v) is 3.92. The lowest BCUT2D eigenvalue weighted by Gasteiger charge is -2.16. The van der Waals surface area contributed by atoms with E-state index < -0.39 is 0 Å². The Labute approximate surface area is 125 Å². The summed E-state index contributed by atoms with van der Waals surface area (Å²) in [6.45, 7) is 2.31. The second-order valence-corrected chi connectivity index (χ2v) is 5.56. The zero-order valence-electron chi connectivity index (χ0n) is 10.6. The first-order chi connectivity index (χ1) is 8.97. The molecule has 0 spiro atoms. The Hall–Kier alpha value is -1.26. The number of carbonyl (C=O) groups excluding carboxylic acids is 1. The lowest BCUT2D eigenvalue weighted by Crippen LogP contribution is -2.25. The number of hydrogen-bond donors (Lipinski definition) is 0. The van der Waals surface area contributed by atoms with Gasteiger partial charge >= 0.3 is 0 Å². The van der Waals surface area contributed by atoms with Crippen molar-refractivity contribution in [1.29, 1.82) is 0 Å². The van der Waals surface area contributed by atoms with Gasteiger partial charge in [-0.05, 0) is 53.2 Å². The molecule has 0 atom stereocenters.